The average Bonchev–Trinajstić information content (AvgIpc) is 3.51. The van der Waals surface area contributed by atoms with Crippen molar-refractivity contribution in [1.29, 1.82) is 0 Å². The Bertz CT molecular complexity index is 988. The second-order valence-electron chi connectivity index (χ2n) is 8.99. The zero-order valence-corrected chi connectivity index (χ0v) is 21.4. The van der Waals surface area contributed by atoms with E-state index in [0.717, 1.165) is 25.3 Å². The van der Waals surface area contributed by atoms with Crippen LogP contribution in [0.5, 0.6) is 0 Å². The van der Waals surface area contributed by atoms with E-state index in [4.69, 9.17) is 29.3 Å². The third-order valence-electron chi connectivity index (χ3n) is 5.95. The molecule has 0 aliphatic carbocycles. The first-order valence-electron chi connectivity index (χ1n) is 11.6. The minimum absolute atomic E-state index is 0.243. The third-order valence-corrected chi connectivity index (χ3v) is 6.69. The molecule has 8 nitrogen and oxygen atoms in total. The Kier molecular flexibility index (Phi) is 12.1. The lowest BCUT2D eigenvalue weighted by Gasteiger charge is -2.38. The second-order valence-corrected chi connectivity index (χ2v) is 9.77. The summed E-state index contributed by atoms with van der Waals surface area (Å²) in [6.07, 6.45) is -4.49. The number of hydrogen-bond donors (Lipinski definition) is 2. The van der Waals surface area contributed by atoms with E-state index in [1.165, 1.54) is 31.5 Å². The fourth-order valence-corrected chi connectivity index (χ4v) is 4.62. The molecule has 1 spiro atoms. The number of carboxylic acids is 2. The van der Waals surface area contributed by atoms with Crippen LogP contribution in [-0.2, 0) is 32.2 Å². The standard InChI is InChI=1S/C20H26N2O2S.2C2HF3O2/c1-2-7-21-18(3-1)13-23-14-19-11-20(16-24-19)5-8-22(9-6-20)12-17-4-10-25-15-17;2*3-2(4,5)1(6)7/h1-4,7,10,15,19H,5-6,8-9,11-14,16H2;2*(H,6,7). The molecule has 0 saturated carbocycles. The summed E-state index contributed by atoms with van der Waals surface area (Å²) in [4.78, 5) is 24.7. The highest BCUT2D eigenvalue weighted by molar-refractivity contribution is 7.07. The number of ether oxygens (including phenoxy) is 2. The Morgan fingerprint density at radius 2 is 1.69 bits per heavy atom. The molecule has 218 valence electrons. The van der Waals surface area contributed by atoms with Crippen molar-refractivity contribution < 1.29 is 55.6 Å². The number of nitrogens with zero attached hydrogens (tertiary/aromatic N) is 2. The van der Waals surface area contributed by atoms with Gasteiger partial charge >= 0.3 is 24.3 Å². The number of halogens is 6. The summed E-state index contributed by atoms with van der Waals surface area (Å²) in [5.41, 5.74) is 2.81. The zero-order valence-electron chi connectivity index (χ0n) is 20.6. The lowest BCUT2D eigenvalue weighted by atomic mass is 9.76. The van der Waals surface area contributed by atoms with E-state index in [1.54, 1.807) is 11.3 Å². The Hall–Kier alpha value is -2.75. The number of hydrogen-bond acceptors (Lipinski definition) is 7. The smallest absolute Gasteiger partial charge is 0.475 e. The molecule has 2 aliphatic heterocycles. The van der Waals surface area contributed by atoms with Crippen molar-refractivity contribution in [2.75, 3.05) is 26.3 Å². The van der Waals surface area contributed by atoms with Crippen LogP contribution in [0.2, 0.25) is 0 Å². The summed E-state index contributed by atoms with van der Waals surface area (Å²) in [7, 11) is 0. The van der Waals surface area contributed by atoms with Gasteiger partial charge in [0.15, 0.2) is 0 Å². The Morgan fingerprint density at radius 3 is 2.18 bits per heavy atom. The first-order valence-corrected chi connectivity index (χ1v) is 12.6. The Labute approximate surface area is 224 Å². The number of rotatable bonds is 6. The number of carbonyl (C=O) groups is 2. The molecule has 4 rings (SSSR count). The van der Waals surface area contributed by atoms with Gasteiger partial charge in [0.05, 0.1) is 31.6 Å². The van der Waals surface area contributed by atoms with Crippen LogP contribution in [-0.4, -0.2) is 76.8 Å². The predicted molar refractivity (Wildman–Crippen MR) is 127 cm³/mol. The molecule has 0 radical (unpaired) electrons. The average molecular weight is 587 g/mol. The molecule has 0 bridgehead atoms. The lowest BCUT2D eigenvalue weighted by Crippen LogP contribution is -2.40. The zero-order chi connectivity index (χ0) is 29.1. The molecule has 0 aromatic carbocycles. The molecule has 0 amide bonds. The molecule has 2 aromatic rings. The first-order chi connectivity index (χ1) is 18.2. The van der Waals surface area contributed by atoms with E-state index in [2.05, 4.69) is 26.7 Å². The van der Waals surface area contributed by atoms with Crippen LogP contribution in [0.1, 0.15) is 30.5 Å². The highest BCUT2D eigenvalue weighted by Crippen LogP contribution is 2.42. The van der Waals surface area contributed by atoms with Crippen molar-refractivity contribution in [1.82, 2.24) is 9.88 Å². The Balaban J connectivity index is 0.000000317. The maximum absolute atomic E-state index is 10.6. The maximum Gasteiger partial charge on any atom is 0.490 e. The van der Waals surface area contributed by atoms with Crippen molar-refractivity contribution in [3.05, 3.63) is 52.5 Å². The lowest BCUT2D eigenvalue weighted by molar-refractivity contribution is -0.193. The van der Waals surface area contributed by atoms with Gasteiger partial charge in [0.1, 0.15) is 0 Å². The number of pyridine rings is 1. The van der Waals surface area contributed by atoms with Crippen LogP contribution in [0.4, 0.5) is 26.3 Å². The van der Waals surface area contributed by atoms with Crippen LogP contribution in [0.3, 0.4) is 0 Å². The van der Waals surface area contributed by atoms with Crippen molar-refractivity contribution in [3.63, 3.8) is 0 Å². The monoisotopic (exact) mass is 586 g/mol. The van der Waals surface area contributed by atoms with E-state index in [9.17, 15) is 26.3 Å². The second kappa shape index (κ2) is 14.6. The van der Waals surface area contributed by atoms with E-state index in [-0.39, 0.29) is 6.10 Å². The highest BCUT2D eigenvalue weighted by atomic mass is 32.1. The number of thiophene rings is 1. The molecule has 2 saturated heterocycles. The summed E-state index contributed by atoms with van der Waals surface area (Å²) in [5, 5.41) is 18.7. The van der Waals surface area contributed by atoms with E-state index in [0.29, 0.717) is 18.6 Å². The number of piperidine rings is 1. The quantitative estimate of drug-likeness (QED) is 0.456. The van der Waals surface area contributed by atoms with Crippen LogP contribution in [0, 0.1) is 5.41 Å². The predicted octanol–water partition coefficient (Wildman–Crippen LogP) is 5.00. The molecular weight excluding hydrogens is 558 g/mol. The van der Waals surface area contributed by atoms with Crippen LogP contribution >= 0.6 is 11.3 Å². The third kappa shape index (κ3) is 11.9. The topological polar surface area (TPSA) is 109 Å². The molecule has 1 unspecified atom stereocenters. The van der Waals surface area contributed by atoms with Crippen molar-refractivity contribution in [3.8, 4) is 0 Å². The van der Waals surface area contributed by atoms with Gasteiger partial charge in [-0.1, -0.05) is 6.07 Å². The van der Waals surface area contributed by atoms with E-state index < -0.39 is 24.3 Å². The van der Waals surface area contributed by atoms with Crippen molar-refractivity contribution in [2.45, 2.75) is 50.9 Å². The number of aromatic nitrogens is 1. The molecule has 1 atom stereocenters. The summed E-state index contributed by atoms with van der Waals surface area (Å²) in [5.74, 6) is -5.51. The molecular formula is C24H28F6N2O6S. The Morgan fingerprint density at radius 1 is 1.08 bits per heavy atom. The minimum Gasteiger partial charge on any atom is -0.475 e. The number of carboxylic acid groups (broad SMARTS) is 2. The fraction of sp³-hybridized carbons (Fsp3) is 0.542. The first kappa shape index (κ1) is 32.5. The molecule has 39 heavy (non-hydrogen) atoms. The molecule has 15 heteroatoms. The van der Waals surface area contributed by atoms with Gasteiger partial charge in [-0.3, -0.25) is 9.88 Å². The molecule has 2 fully saturated rings. The number of aliphatic carboxylic acids is 2. The largest absolute Gasteiger partial charge is 0.490 e. The van der Waals surface area contributed by atoms with E-state index in [1.807, 2.05) is 24.4 Å². The summed E-state index contributed by atoms with van der Waals surface area (Å²) < 4.78 is 75.4. The SMILES string of the molecule is O=C(O)C(F)(F)F.O=C(O)C(F)(F)F.c1ccc(COCC2CC3(CCN(Cc4ccsc4)CC3)CO2)nc1. The molecule has 2 aliphatic rings. The summed E-state index contributed by atoms with van der Waals surface area (Å²) in [6.45, 7) is 5.61. The maximum atomic E-state index is 10.6. The van der Waals surface area contributed by atoms with Crippen molar-refractivity contribution >= 4 is 23.3 Å². The summed E-state index contributed by atoms with van der Waals surface area (Å²) >= 11 is 1.79. The molecule has 2 aromatic heterocycles. The highest BCUT2D eigenvalue weighted by Gasteiger charge is 2.42. The van der Waals surface area contributed by atoms with Gasteiger partial charge in [0.2, 0.25) is 0 Å². The van der Waals surface area contributed by atoms with Gasteiger partial charge < -0.3 is 19.7 Å². The van der Waals surface area contributed by atoms with Crippen molar-refractivity contribution in [2.24, 2.45) is 5.41 Å². The molecule has 4 heterocycles. The normalized spacial score (nSPS) is 19.0. The van der Waals surface area contributed by atoms with Gasteiger partial charge in [0.25, 0.3) is 0 Å². The van der Waals surface area contributed by atoms with Gasteiger partial charge in [-0.2, -0.15) is 37.7 Å². The number of alkyl halides is 6. The van der Waals surface area contributed by atoms with Crippen LogP contribution in [0.15, 0.2) is 41.2 Å². The molecule has 2 N–H and O–H groups in total. The summed E-state index contributed by atoms with van der Waals surface area (Å²) in [6, 6.07) is 8.16. The van der Waals surface area contributed by atoms with Gasteiger partial charge in [-0.05, 0) is 72.3 Å². The number of likely N-dealkylation sites (tertiary alicyclic amines) is 1. The fourth-order valence-electron chi connectivity index (χ4n) is 3.96. The minimum atomic E-state index is -5.08. The van der Waals surface area contributed by atoms with Crippen LogP contribution in [0.25, 0.3) is 0 Å². The van der Waals surface area contributed by atoms with E-state index >= 15 is 0 Å². The van der Waals surface area contributed by atoms with Crippen LogP contribution < -0.4 is 0 Å². The van der Waals surface area contributed by atoms with Gasteiger partial charge in [0, 0.05) is 12.7 Å². The van der Waals surface area contributed by atoms with Gasteiger partial charge in [-0.25, -0.2) is 9.59 Å². The van der Waals surface area contributed by atoms with Gasteiger partial charge in [-0.15, -0.1) is 0 Å².